The van der Waals surface area contributed by atoms with Crippen LogP contribution in [-0.2, 0) is 6.18 Å². The lowest BCUT2D eigenvalue weighted by molar-refractivity contribution is -0.140. The fourth-order valence-electron chi connectivity index (χ4n) is 2.01. The van der Waals surface area contributed by atoms with Crippen molar-refractivity contribution in [2.24, 2.45) is 5.92 Å². The van der Waals surface area contributed by atoms with Gasteiger partial charge in [0, 0.05) is 0 Å². The first-order valence-corrected chi connectivity index (χ1v) is 5.39. The molecule has 94 valence electrons. The highest BCUT2D eigenvalue weighted by Crippen LogP contribution is 2.46. The summed E-state index contributed by atoms with van der Waals surface area (Å²) in [5.74, 6) is -0.986. The average Bonchev–Trinajstić information content (AvgIpc) is 3.04. The maximum Gasteiger partial charge on any atom is 0.419 e. The number of alkyl halides is 3. The maximum absolute atomic E-state index is 13.8. The normalized spacial score (nSPS) is 18.2. The topological polar surface area (TPSA) is 14.1 Å². The van der Waals surface area contributed by atoms with Gasteiger partial charge in [-0.05, 0) is 11.6 Å². The van der Waals surface area contributed by atoms with Gasteiger partial charge < -0.3 is 5.32 Å². The molecule has 1 fully saturated rings. The molecule has 0 spiro atoms. The lowest BCUT2D eigenvalue weighted by Gasteiger charge is -2.29. The molecule has 1 atom stereocenters. The largest absolute Gasteiger partial charge is 0.658 e. The quantitative estimate of drug-likeness (QED) is 0.706. The Balaban J connectivity index is 2.41. The van der Waals surface area contributed by atoms with Gasteiger partial charge in [-0.2, -0.15) is 20.2 Å². The molecule has 1 aliphatic rings. The molecular formula is C12H12F4N-. The Bertz CT molecular complexity index is 409. The minimum atomic E-state index is -4.65. The first-order chi connectivity index (χ1) is 7.95. The molecule has 0 saturated heterocycles. The molecule has 1 nitrogen and oxygen atoms in total. The van der Waals surface area contributed by atoms with Crippen LogP contribution in [0.15, 0.2) is 18.2 Å². The molecular weight excluding hydrogens is 234 g/mol. The van der Waals surface area contributed by atoms with Gasteiger partial charge in [0.2, 0.25) is 0 Å². The Morgan fingerprint density at radius 2 is 1.94 bits per heavy atom. The van der Waals surface area contributed by atoms with E-state index in [2.05, 4.69) is 5.32 Å². The summed E-state index contributed by atoms with van der Waals surface area (Å²) in [4.78, 5) is 0. The summed E-state index contributed by atoms with van der Waals surface area (Å²) in [5.41, 5.74) is -1.14. The van der Waals surface area contributed by atoms with Crippen molar-refractivity contribution in [1.82, 2.24) is 0 Å². The minimum Gasteiger partial charge on any atom is -0.658 e. The lowest BCUT2D eigenvalue weighted by Crippen LogP contribution is -2.12. The van der Waals surface area contributed by atoms with Gasteiger partial charge in [0.15, 0.2) is 0 Å². The average molecular weight is 246 g/mol. The summed E-state index contributed by atoms with van der Waals surface area (Å²) < 4.78 is 51.4. The van der Waals surface area contributed by atoms with Crippen molar-refractivity contribution >= 4 is 0 Å². The Morgan fingerprint density at radius 3 is 2.41 bits per heavy atom. The molecule has 17 heavy (non-hydrogen) atoms. The summed E-state index contributed by atoms with van der Waals surface area (Å²) in [6, 6.07) is 2.94. The molecule has 0 amide bonds. The second-order valence-corrected chi connectivity index (χ2v) is 4.25. The van der Waals surface area contributed by atoms with Gasteiger partial charge in [0.05, 0.1) is 5.56 Å². The number of hydrogen-bond donors (Lipinski definition) is 0. The monoisotopic (exact) mass is 246 g/mol. The van der Waals surface area contributed by atoms with Crippen LogP contribution in [-0.4, -0.2) is 7.05 Å². The molecule has 0 N–H and O–H groups in total. The van der Waals surface area contributed by atoms with E-state index in [-0.39, 0.29) is 11.5 Å². The van der Waals surface area contributed by atoms with Crippen LogP contribution in [0.25, 0.3) is 5.32 Å². The molecule has 0 bridgehead atoms. The molecule has 1 aromatic carbocycles. The van der Waals surface area contributed by atoms with E-state index in [0.717, 1.165) is 18.9 Å². The van der Waals surface area contributed by atoms with Crippen molar-refractivity contribution in [2.45, 2.75) is 25.1 Å². The molecule has 0 aromatic heterocycles. The van der Waals surface area contributed by atoms with E-state index in [1.54, 1.807) is 0 Å². The Labute approximate surface area is 96.8 Å². The van der Waals surface area contributed by atoms with Crippen LogP contribution in [0.1, 0.15) is 30.0 Å². The molecule has 0 heterocycles. The predicted molar refractivity (Wildman–Crippen MR) is 56.2 cm³/mol. The molecule has 1 saturated carbocycles. The molecule has 1 aliphatic carbocycles. The number of benzene rings is 1. The van der Waals surface area contributed by atoms with Gasteiger partial charge >= 0.3 is 6.18 Å². The van der Waals surface area contributed by atoms with Crippen molar-refractivity contribution < 1.29 is 17.6 Å². The van der Waals surface area contributed by atoms with Crippen molar-refractivity contribution in [3.8, 4) is 0 Å². The molecule has 1 unspecified atom stereocenters. The Morgan fingerprint density at radius 1 is 1.29 bits per heavy atom. The second-order valence-electron chi connectivity index (χ2n) is 4.25. The van der Waals surface area contributed by atoms with Crippen molar-refractivity contribution in [3.05, 3.63) is 40.5 Å². The smallest absolute Gasteiger partial charge is 0.419 e. The lowest BCUT2D eigenvalue weighted by atomic mass is 9.99. The van der Waals surface area contributed by atoms with Crippen LogP contribution in [0.2, 0.25) is 0 Å². The summed E-state index contributed by atoms with van der Waals surface area (Å²) in [6.45, 7) is 0. The third-order valence-electron chi connectivity index (χ3n) is 3.00. The van der Waals surface area contributed by atoms with Crippen LogP contribution < -0.4 is 0 Å². The van der Waals surface area contributed by atoms with Crippen molar-refractivity contribution in [2.75, 3.05) is 7.05 Å². The third kappa shape index (κ3) is 2.44. The van der Waals surface area contributed by atoms with Gasteiger partial charge in [-0.3, -0.25) is 0 Å². The number of rotatable bonds is 3. The molecule has 5 heteroatoms. The van der Waals surface area contributed by atoms with E-state index in [1.165, 1.54) is 19.2 Å². The number of hydrogen-bond acceptors (Lipinski definition) is 0. The highest BCUT2D eigenvalue weighted by molar-refractivity contribution is 5.33. The van der Waals surface area contributed by atoms with E-state index in [4.69, 9.17) is 0 Å². The van der Waals surface area contributed by atoms with E-state index in [9.17, 15) is 17.6 Å². The van der Waals surface area contributed by atoms with Gasteiger partial charge in [0.25, 0.3) is 0 Å². The first kappa shape index (κ1) is 12.4. The summed E-state index contributed by atoms with van der Waals surface area (Å²) in [6.07, 6.45) is -2.85. The highest BCUT2D eigenvalue weighted by Gasteiger charge is 2.36. The van der Waals surface area contributed by atoms with E-state index in [0.29, 0.717) is 0 Å². The van der Waals surface area contributed by atoms with E-state index < -0.39 is 23.6 Å². The Kier molecular flexibility index (Phi) is 3.12. The summed E-state index contributed by atoms with van der Waals surface area (Å²) in [7, 11) is 1.52. The second kappa shape index (κ2) is 4.29. The SMILES string of the molecule is C[N-]C(c1cccc(C(F)(F)F)c1F)C1CC1. The first-order valence-electron chi connectivity index (χ1n) is 5.39. The molecule has 0 radical (unpaired) electrons. The van der Waals surface area contributed by atoms with Crippen molar-refractivity contribution in [1.29, 1.82) is 0 Å². The highest BCUT2D eigenvalue weighted by atomic mass is 19.4. The molecule has 2 rings (SSSR count). The predicted octanol–water partition coefficient (Wildman–Crippen LogP) is 4.30. The summed E-state index contributed by atoms with van der Waals surface area (Å²) >= 11 is 0. The fourth-order valence-corrected chi connectivity index (χ4v) is 2.01. The van der Waals surface area contributed by atoms with Crippen LogP contribution in [0, 0.1) is 11.7 Å². The summed E-state index contributed by atoms with van der Waals surface area (Å²) in [5, 5.41) is 4.00. The van der Waals surface area contributed by atoms with Crippen LogP contribution in [0.3, 0.4) is 0 Å². The van der Waals surface area contributed by atoms with Crippen LogP contribution in [0.4, 0.5) is 17.6 Å². The van der Waals surface area contributed by atoms with Gasteiger partial charge in [-0.15, -0.1) is 6.04 Å². The van der Waals surface area contributed by atoms with Gasteiger partial charge in [0.1, 0.15) is 5.82 Å². The van der Waals surface area contributed by atoms with Gasteiger partial charge in [-0.1, -0.05) is 30.9 Å². The Hall–Kier alpha value is -1.10. The van der Waals surface area contributed by atoms with E-state index >= 15 is 0 Å². The zero-order valence-electron chi connectivity index (χ0n) is 9.26. The zero-order valence-corrected chi connectivity index (χ0v) is 9.26. The zero-order chi connectivity index (χ0) is 12.6. The van der Waals surface area contributed by atoms with E-state index in [1.807, 2.05) is 0 Å². The minimum absolute atomic E-state index is 0.0600. The number of halogens is 4. The fraction of sp³-hybridized carbons (Fsp3) is 0.500. The third-order valence-corrected chi connectivity index (χ3v) is 3.00. The molecule has 0 aliphatic heterocycles. The van der Waals surface area contributed by atoms with Crippen LogP contribution in [0.5, 0.6) is 0 Å². The van der Waals surface area contributed by atoms with Crippen molar-refractivity contribution in [3.63, 3.8) is 0 Å². The van der Waals surface area contributed by atoms with Crippen LogP contribution >= 0.6 is 0 Å². The number of nitrogens with zero attached hydrogens (tertiary/aromatic N) is 1. The standard InChI is InChI=1S/C12H12F4N/c1-17-11(7-5-6-7)8-3-2-4-9(10(8)13)12(14,15)16/h2-4,7,11H,5-6H2,1H3/q-1. The molecule has 1 aromatic rings. The van der Waals surface area contributed by atoms with Gasteiger partial charge in [-0.25, -0.2) is 4.39 Å². The maximum atomic E-state index is 13.8.